The van der Waals surface area contributed by atoms with Crippen molar-refractivity contribution >= 4 is 28.8 Å². The number of nitro groups is 1. The number of aromatic amines is 1. The minimum atomic E-state index is -0.412. The van der Waals surface area contributed by atoms with Crippen LogP contribution in [0.15, 0.2) is 30.5 Å². The zero-order chi connectivity index (χ0) is 14.8. The van der Waals surface area contributed by atoms with Crippen LogP contribution in [-0.4, -0.2) is 41.3 Å². The molecule has 3 rings (SSSR count). The fraction of sp³-hybridized carbons (Fsp3) is 0.308. The molecule has 2 aromatic rings. The summed E-state index contributed by atoms with van der Waals surface area (Å²) >= 11 is 5.89. The highest BCUT2D eigenvalue weighted by Crippen LogP contribution is 2.27. The van der Waals surface area contributed by atoms with Gasteiger partial charge in [0.1, 0.15) is 6.20 Å². The predicted molar refractivity (Wildman–Crippen MR) is 81.1 cm³/mol. The number of nitrogens with zero attached hydrogens (tertiary/aromatic N) is 4. The number of piperazine rings is 1. The molecule has 8 heteroatoms. The Hall–Kier alpha value is -2.28. The highest BCUT2D eigenvalue weighted by atomic mass is 35.5. The van der Waals surface area contributed by atoms with Crippen molar-refractivity contribution < 1.29 is 4.92 Å². The van der Waals surface area contributed by atoms with Gasteiger partial charge in [0.25, 0.3) is 0 Å². The Kier molecular flexibility index (Phi) is 3.66. The predicted octanol–water partition coefficient (Wildman–Crippen LogP) is 2.30. The summed E-state index contributed by atoms with van der Waals surface area (Å²) in [4.78, 5) is 14.7. The Balaban J connectivity index is 1.69. The molecule has 0 radical (unpaired) electrons. The lowest BCUT2D eigenvalue weighted by Gasteiger charge is -2.36. The molecule has 1 saturated heterocycles. The number of anilines is 2. The highest BCUT2D eigenvalue weighted by molar-refractivity contribution is 6.30. The van der Waals surface area contributed by atoms with Crippen molar-refractivity contribution in [2.75, 3.05) is 36.0 Å². The quantitative estimate of drug-likeness (QED) is 0.695. The van der Waals surface area contributed by atoms with E-state index in [0.29, 0.717) is 23.9 Å². The Morgan fingerprint density at radius 2 is 1.76 bits per heavy atom. The molecule has 1 fully saturated rings. The first kappa shape index (κ1) is 13.7. The number of benzene rings is 1. The minimum Gasteiger partial charge on any atom is -0.368 e. The first-order chi connectivity index (χ1) is 10.1. The average Bonchev–Trinajstić information content (AvgIpc) is 2.98. The Labute approximate surface area is 126 Å². The third-order valence-corrected chi connectivity index (χ3v) is 3.84. The molecule has 0 saturated carbocycles. The van der Waals surface area contributed by atoms with Crippen molar-refractivity contribution in [1.29, 1.82) is 0 Å². The van der Waals surface area contributed by atoms with Crippen LogP contribution in [0.4, 0.5) is 17.2 Å². The van der Waals surface area contributed by atoms with Gasteiger partial charge >= 0.3 is 5.69 Å². The van der Waals surface area contributed by atoms with Gasteiger partial charge in [0.05, 0.1) is 4.92 Å². The minimum absolute atomic E-state index is 0.0231. The monoisotopic (exact) mass is 307 g/mol. The normalized spacial score (nSPS) is 15.3. The number of nitrogens with one attached hydrogen (secondary N) is 1. The van der Waals surface area contributed by atoms with E-state index in [0.717, 1.165) is 18.8 Å². The molecule has 0 aliphatic carbocycles. The molecule has 1 aliphatic rings. The van der Waals surface area contributed by atoms with E-state index in [2.05, 4.69) is 15.1 Å². The first-order valence-corrected chi connectivity index (χ1v) is 6.96. The molecule has 2 heterocycles. The molecule has 0 atom stereocenters. The van der Waals surface area contributed by atoms with Gasteiger partial charge in [0, 0.05) is 36.9 Å². The smallest absolute Gasteiger partial charge is 0.330 e. The van der Waals surface area contributed by atoms with Crippen LogP contribution in [0.3, 0.4) is 0 Å². The third-order valence-electron chi connectivity index (χ3n) is 3.58. The number of aromatic nitrogens is 2. The summed E-state index contributed by atoms with van der Waals surface area (Å²) < 4.78 is 0. The van der Waals surface area contributed by atoms with E-state index in [1.54, 1.807) is 0 Å². The first-order valence-electron chi connectivity index (χ1n) is 6.58. The SMILES string of the molecule is O=[N+]([O-])c1cn[nH]c1N1CCN(c2ccc(Cl)cc2)CC1. The second-order valence-corrected chi connectivity index (χ2v) is 5.25. The van der Waals surface area contributed by atoms with Gasteiger partial charge in [0.2, 0.25) is 5.82 Å². The summed E-state index contributed by atoms with van der Waals surface area (Å²) in [6, 6.07) is 7.69. The van der Waals surface area contributed by atoms with E-state index in [-0.39, 0.29) is 5.69 Å². The highest BCUT2D eigenvalue weighted by Gasteiger charge is 2.25. The maximum atomic E-state index is 10.9. The maximum absolute atomic E-state index is 10.9. The standard InChI is InChI=1S/C13H14ClN5O2/c14-10-1-3-11(4-2-10)17-5-7-18(8-6-17)13-12(19(20)21)9-15-16-13/h1-4,9H,5-8H2,(H,15,16). The van der Waals surface area contributed by atoms with Crippen molar-refractivity contribution in [3.63, 3.8) is 0 Å². The molecular formula is C13H14ClN5O2. The van der Waals surface area contributed by atoms with Gasteiger partial charge in [-0.2, -0.15) is 5.10 Å². The van der Waals surface area contributed by atoms with E-state index >= 15 is 0 Å². The number of hydrogen-bond acceptors (Lipinski definition) is 5. The molecule has 0 bridgehead atoms. The number of rotatable bonds is 3. The van der Waals surface area contributed by atoms with Crippen LogP contribution in [0.1, 0.15) is 0 Å². The van der Waals surface area contributed by atoms with Gasteiger partial charge in [-0.3, -0.25) is 15.2 Å². The van der Waals surface area contributed by atoms with Crippen molar-refractivity contribution in [2.24, 2.45) is 0 Å². The molecule has 21 heavy (non-hydrogen) atoms. The summed E-state index contributed by atoms with van der Waals surface area (Å²) in [5, 5.41) is 18.1. The molecule has 7 nitrogen and oxygen atoms in total. The van der Waals surface area contributed by atoms with Gasteiger partial charge in [0.15, 0.2) is 0 Å². The number of halogens is 1. The van der Waals surface area contributed by atoms with E-state index in [1.807, 2.05) is 29.2 Å². The summed E-state index contributed by atoms with van der Waals surface area (Å²) in [6.07, 6.45) is 1.25. The van der Waals surface area contributed by atoms with E-state index in [9.17, 15) is 10.1 Å². The zero-order valence-electron chi connectivity index (χ0n) is 11.2. The fourth-order valence-electron chi connectivity index (χ4n) is 2.48. The van der Waals surface area contributed by atoms with Crippen molar-refractivity contribution in [3.05, 3.63) is 45.6 Å². The van der Waals surface area contributed by atoms with Gasteiger partial charge in [-0.05, 0) is 24.3 Å². The lowest BCUT2D eigenvalue weighted by atomic mass is 10.2. The van der Waals surface area contributed by atoms with Crippen LogP contribution in [0.25, 0.3) is 0 Å². The van der Waals surface area contributed by atoms with Gasteiger partial charge < -0.3 is 9.80 Å². The summed E-state index contributed by atoms with van der Waals surface area (Å²) in [5.41, 5.74) is 1.13. The fourth-order valence-corrected chi connectivity index (χ4v) is 2.61. The average molecular weight is 308 g/mol. The molecule has 110 valence electrons. The Morgan fingerprint density at radius 3 is 2.38 bits per heavy atom. The molecule has 1 aromatic carbocycles. The third kappa shape index (κ3) is 2.78. The van der Waals surface area contributed by atoms with Gasteiger partial charge in [-0.25, -0.2) is 0 Å². The Morgan fingerprint density at radius 1 is 1.14 bits per heavy atom. The van der Waals surface area contributed by atoms with Gasteiger partial charge in [-0.1, -0.05) is 11.6 Å². The van der Waals surface area contributed by atoms with Crippen molar-refractivity contribution in [1.82, 2.24) is 10.2 Å². The lowest BCUT2D eigenvalue weighted by molar-refractivity contribution is -0.384. The van der Waals surface area contributed by atoms with Gasteiger partial charge in [-0.15, -0.1) is 0 Å². The molecular weight excluding hydrogens is 294 g/mol. The van der Waals surface area contributed by atoms with Crippen molar-refractivity contribution in [2.45, 2.75) is 0 Å². The van der Waals surface area contributed by atoms with Crippen LogP contribution in [0, 0.1) is 10.1 Å². The molecule has 1 aromatic heterocycles. The molecule has 1 aliphatic heterocycles. The van der Waals surface area contributed by atoms with Crippen LogP contribution < -0.4 is 9.80 Å². The Bertz CT molecular complexity index is 634. The van der Waals surface area contributed by atoms with Crippen LogP contribution in [0.5, 0.6) is 0 Å². The molecule has 0 spiro atoms. The maximum Gasteiger partial charge on any atom is 0.330 e. The number of H-pyrrole nitrogens is 1. The topological polar surface area (TPSA) is 78.3 Å². The molecule has 1 N–H and O–H groups in total. The van der Waals surface area contributed by atoms with Crippen molar-refractivity contribution in [3.8, 4) is 0 Å². The molecule has 0 amide bonds. The summed E-state index contributed by atoms with van der Waals surface area (Å²) in [5.74, 6) is 0.482. The van der Waals surface area contributed by atoms with E-state index in [4.69, 9.17) is 11.6 Å². The summed E-state index contributed by atoms with van der Waals surface area (Å²) in [7, 11) is 0. The summed E-state index contributed by atoms with van der Waals surface area (Å²) in [6.45, 7) is 2.98. The lowest BCUT2D eigenvalue weighted by Crippen LogP contribution is -2.46. The second-order valence-electron chi connectivity index (χ2n) is 4.81. The largest absolute Gasteiger partial charge is 0.368 e. The van der Waals surface area contributed by atoms with E-state index in [1.165, 1.54) is 6.20 Å². The van der Waals surface area contributed by atoms with Crippen LogP contribution in [0.2, 0.25) is 5.02 Å². The van der Waals surface area contributed by atoms with E-state index < -0.39 is 4.92 Å². The van der Waals surface area contributed by atoms with Crippen LogP contribution in [-0.2, 0) is 0 Å². The zero-order valence-corrected chi connectivity index (χ0v) is 12.0. The second kappa shape index (κ2) is 5.61. The van der Waals surface area contributed by atoms with Crippen LogP contribution >= 0.6 is 11.6 Å². The molecule has 0 unspecified atom stereocenters. The number of hydrogen-bond donors (Lipinski definition) is 1.